The van der Waals surface area contributed by atoms with Crippen LogP contribution in [0.15, 0.2) is 12.3 Å². The van der Waals surface area contributed by atoms with Crippen molar-refractivity contribution < 1.29 is 9.59 Å². The molecule has 0 spiro atoms. The van der Waals surface area contributed by atoms with E-state index >= 15 is 0 Å². The second-order valence-corrected chi connectivity index (χ2v) is 7.97. The van der Waals surface area contributed by atoms with Gasteiger partial charge in [0.15, 0.2) is 5.78 Å². The lowest BCUT2D eigenvalue weighted by atomic mass is 9.80. The van der Waals surface area contributed by atoms with Crippen molar-refractivity contribution in [1.82, 2.24) is 10.6 Å². The van der Waals surface area contributed by atoms with E-state index in [1.807, 2.05) is 20.8 Å². The Balaban J connectivity index is 4.20. The van der Waals surface area contributed by atoms with Crippen LogP contribution in [0.4, 0.5) is 0 Å². The fourth-order valence-corrected chi connectivity index (χ4v) is 3.10. The van der Waals surface area contributed by atoms with Gasteiger partial charge in [0.25, 0.3) is 0 Å². The minimum atomic E-state index is -0.456. The number of rotatable bonds is 16. The summed E-state index contributed by atoms with van der Waals surface area (Å²) in [4.78, 5) is 24.5. The number of nitrogens with one attached hydrogen (secondary N) is 2. The molecule has 0 fully saturated rings. The first-order chi connectivity index (χ1) is 12.2. The van der Waals surface area contributed by atoms with E-state index in [9.17, 15) is 9.59 Å². The number of hydrogen-bond acceptors (Lipinski definition) is 5. The summed E-state index contributed by atoms with van der Waals surface area (Å²) in [5.41, 5.74) is 5.83. The van der Waals surface area contributed by atoms with Gasteiger partial charge in [-0.1, -0.05) is 33.8 Å². The maximum atomic E-state index is 12.8. The van der Waals surface area contributed by atoms with Gasteiger partial charge in [0.05, 0.1) is 6.04 Å². The van der Waals surface area contributed by atoms with E-state index in [0.29, 0.717) is 25.1 Å². The number of carbonyl (C=O) groups excluding carboxylic acids is 2. The van der Waals surface area contributed by atoms with Crippen molar-refractivity contribution in [2.45, 2.75) is 78.2 Å². The Morgan fingerprint density at radius 2 is 1.81 bits per heavy atom. The van der Waals surface area contributed by atoms with Crippen LogP contribution in [-0.4, -0.2) is 36.6 Å². The number of unbranched alkanes of at least 4 members (excludes halogenated alkanes) is 2. The zero-order valence-corrected chi connectivity index (χ0v) is 17.8. The monoisotopic (exact) mass is 385 g/mol. The van der Waals surface area contributed by atoms with Crippen molar-refractivity contribution in [2.24, 2.45) is 11.1 Å². The van der Waals surface area contributed by atoms with Crippen LogP contribution in [0.2, 0.25) is 0 Å². The lowest BCUT2D eigenvalue weighted by molar-refractivity contribution is -0.129. The van der Waals surface area contributed by atoms with E-state index in [0.717, 1.165) is 50.8 Å². The van der Waals surface area contributed by atoms with Crippen LogP contribution in [0.25, 0.3) is 0 Å². The van der Waals surface area contributed by atoms with Crippen molar-refractivity contribution in [3.63, 3.8) is 0 Å². The maximum absolute atomic E-state index is 12.8. The number of hydrogen-bond donors (Lipinski definition) is 4. The number of Topliss-reactive ketones (excluding diaryl/α,β-unsaturated/α-hetero) is 1. The summed E-state index contributed by atoms with van der Waals surface area (Å²) >= 11 is 4.34. The predicted molar refractivity (Wildman–Crippen MR) is 113 cm³/mol. The molecule has 1 amide bonds. The molecule has 6 heteroatoms. The first-order valence-corrected chi connectivity index (χ1v) is 10.5. The number of carbonyl (C=O) groups is 2. The SMILES string of the molecule is C=C(N)CCCCCN[C@@H](CS)C(=O)C(C)(C)CCCC(=O)NCCC. The smallest absolute Gasteiger partial charge is 0.219 e. The van der Waals surface area contributed by atoms with Crippen LogP contribution in [0, 0.1) is 5.41 Å². The van der Waals surface area contributed by atoms with E-state index in [1.54, 1.807) is 0 Å². The van der Waals surface area contributed by atoms with E-state index < -0.39 is 5.41 Å². The van der Waals surface area contributed by atoms with E-state index in [2.05, 4.69) is 29.8 Å². The molecule has 0 rings (SSSR count). The van der Waals surface area contributed by atoms with Crippen LogP contribution < -0.4 is 16.4 Å². The molecule has 0 aliphatic rings. The first kappa shape index (κ1) is 25.0. The number of thiol groups is 1. The first-order valence-electron chi connectivity index (χ1n) is 9.83. The molecule has 0 saturated carbocycles. The van der Waals surface area contributed by atoms with Gasteiger partial charge in [-0.05, 0) is 45.1 Å². The van der Waals surface area contributed by atoms with E-state index in [-0.39, 0.29) is 17.7 Å². The lowest BCUT2D eigenvalue weighted by Crippen LogP contribution is -2.45. The van der Waals surface area contributed by atoms with Crippen molar-refractivity contribution in [3.8, 4) is 0 Å². The van der Waals surface area contributed by atoms with Crippen LogP contribution in [0.1, 0.15) is 72.1 Å². The van der Waals surface area contributed by atoms with Crippen LogP contribution >= 0.6 is 12.6 Å². The highest BCUT2D eigenvalue weighted by molar-refractivity contribution is 7.80. The quantitative estimate of drug-likeness (QED) is 0.243. The summed E-state index contributed by atoms with van der Waals surface area (Å²) in [7, 11) is 0. The summed E-state index contributed by atoms with van der Waals surface area (Å²) in [6.45, 7) is 11.2. The second-order valence-electron chi connectivity index (χ2n) is 7.61. The second kappa shape index (κ2) is 14.1. The zero-order valence-electron chi connectivity index (χ0n) is 16.9. The molecule has 0 radical (unpaired) electrons. The minimum absolute atomic E-state index is 0.0686. The Bertz CT molecular complexity index is 439. The fraction of sp³-hybridized carbons (Fsp3) is 0.800. The lowest BCUT2D eigenvalue weighted by Gasteiger charge is -2.28. The third kappa shape index (κ3) is 11.6. The van der Waals surface area contributed by atoms with Crippen molar-refractivity contribution in [2.75, 3.05) is 18.8 Å². The number of allylic oxidation sites excluding steroid dienone is 1. The molecule has 0 unspecified atom stereocenters. The molecule has 0 bridgehead atoms. The van der Waals surface area contributed by atoms with Gasteiger partial charge in [-0.3, -0.25) is 9.59 Å². The molecule has 0 aliphatic carbocycles. The van der Waals surface area contributed by atoms with Crippen LogP contribution in [-0.2, 0) is 9.59 Å². The summed E-state index contributed by atoms with van der Waals surface area (Å²) in [6, 6.07) is -0.244. The maximum Gasteiger partial charge on any atom is 0.219 e. The zero-order chi connectivity index (χ0) is 20.0. The molecule has 0 aromatic rings. The van der Waals surface area contributed by atoms with E-state index in [1.165, 1.54) is 0 Å². The van der Waals surface area contributed by atoms with Gasteiger partial charge in [-0.2, -0.15) is 12.6 Å². The molecule has 4 N–H and O–H groups in total. The Hall–Kier alpha value is -1.01. The highest BCUT2D eigenvalue weighted by Gasteiger charge is 2.32. The summed E-state index contributed by atoms with van der Waals surface area (Å²) in [6.07, 6.45) is 6.78. The van der Waals surface area contributed by atoms with Gasteiger partial charge in [0.1, 0.15) is 0 Å². The number of nitrogens with two attached hydrogens (primary N) is 1. The molecule has 0 aromatic heterocycles. The third-order valence-corrected chi connectivity index (χ3v) is 4.87. The standard InChI is InChI=1S/C20H39N3O2S/c1-5-13-23-18(24)11-9-12-20(3,4)19(25)17(15-26)22-14-8-6-7-10-16(2)21/h17,22,26H,2,5-15,21H2,1,3-4H3,(H,23,24)/t17-/m0/s1. The highest BCUT2D eigenvalue weighted by Crippen LogP contribution is 2.26. The molecular weight excluding hydrogens is 346 g/mol. The Morgan fingerprint density at radius 1 is 1.12 bits per heavy atom. The summed E-state index contributed by atoms with van der Waals surface area (Å²) < 4.78 is 0. The van der Waals surface area contributed by atoms with Crippen molar-refractivity contribution in [3.05, 3.63) is 12.3 Å². The molecule has 0 heterocycles. The van der Waals surface area contributed by atoms with E-state index in [4.69, 9.17) is 5.73 Å². The molecule has 26 heavy (non-hydrogen) atoms. The highest BCUT2D eigenvalue weighted by atomic mass is 32.1. The molecule has 0 aliphatic heterocycles. The average molecular weight is 386 g/mol. The van der Waals surface area contributed by atoms with Crippen molar-refractivity contribution >= 4 is 24.3 Å². The van der Waals surface area contributed by atoms with Gasteiger partial charge in [0.2, 0.25) is 5.91 Å². The normalized spacial score (nSPS) is 12.6. The summed E-state index contributed by atoms with van der Waals surface area (Å²) in [5.74, 6) is 0.731. The Kier molecular flexibility index (Phi) is 13.6. The molecule has 0 saturated heterocycles. The van der Waals surface area contributed by atoms with Gasteiger partial charge in [0, 0.05) is 29.8 Å². The molecule has 1 atom stereocenters. The van der Waals surface area contributed by atoms with Gasteiger partial charge in [-0.25, -0.2) is 0 Å². The Morgan fingerprint density at radius 3 is 2.38 bits per heavy atom. The van der Waals surface area contributed by atoms with Crippen LogP contribution in [0.3, 0.4) is 0 Å². The Labute approximate surface area is 165 Å². The topological polar surface area (TPSA) is 84.2 Å². The van der Waals surface area contributed by atoms with Gasteiger partial charge >= 0.3 is 0 Å². The molecule has 152 valence electrons. The van der Waals surface area contributed by atoms with Gasteiger partial charge in [-0.15, -0.1) is 0 Å². The number of ketones is 1. The molecule has 0 aromatic carbocycles. The molecule has 5 nitrogen and oxygen atoms in total. The van der Waals surface area contributed by atoms with Gasteiger partial charge < -0.3 is 16.4 Å². The minimum Gasteiger partial charge on any atom is -0.403 e. The van der Waals surface area contributed by atoms with Crippen molar-refractivity contribution in [1.29, 1.82) is 0 Å². The fourth-order valence-electron chi connectivity index (χ4n) is 2.81. The average Bonchev–Trinajstić information content (AvgIpc) is 2.58. The number of amides is 1. The largest absolute Gasteiger partial charge is 0.403 e. The van der Waals surface area contributed by atoms with Crippen LogP contribution in [0.5, 0.6) is 0 Å². The summed E-state index contributed by atoms with van der Waals surface area (Å²) in [5, 5.41) is 6.20. The molecular formula is C20H39N3O2S. The third-order valence-electron chi connectivity index (χ3n) is 4.51. The predicted octanol–water partition coefficient (Wildman–Crippen LogP) is 3.20.